The van der Waals surface area contributed by atoms with Crippen molar-refractivity contribution in [2.75, 3.05) is 5.73 Å². The number of rotatable bonds is 1. The van der Waals surface area contributed by atoms with E-state index in [9.17, 15) is 4.39 Å². The second-order valence-corrected chi connectivity index (χ2v) is 4.87. The van der Waals surface area contributed by atoms with Crippen LogP contribution in [0.5, 0.6) is 0 Å². The Balaban J connectivity index is 2.80. The highest BCUT2D eigenvalue weighted by Crippen LogP contribution is 2.31. The number of benzene rings is 1. The summed E-state index contributed by atoms with van der Waals surface area (Å²) < 4.78 is 15.7. The molecule has 2 aromatic rings. The van der Waals surface area contributed by atoms with E-state index in [4.69, 9.17) is 11.0 Å². The summed E-state index contributed by atoms with van der Waals surface area (Å²) in [4.78, 5) is 0. The van der Waals surface area contributed by atoms with Gasteiger partial charge in [0.1, 0.15) is 17.7 Å². The van der Waals surface area contributed by atoms with Crippen molar-refractivity contribution in [1.29, 1.82) is 5.26 Å². The van der Waals surface area contributed by atoms with Gasteiger partial charge in [-0.05, 0) is 53.5 Å². The summed E-state index contributed by atoms with van der Waals surface area (Å²) in [6, 6.07) is 6.43. The van der Waals surface area contributed by atoms with Gasteiger partial charge in [0, 0.05) is 10.2 Å². The van der Waals surface area contributed by atoms with Gasteiger partial charge in [0.25, 0.3) is 0 Å². The SMILES string of the molecule is Cc1c(C#N)c(N)n(-c2cc(F)ccc2Br)c1C. The number of nitriles is 1. The molecule has 3 nitrogen and oxygen atoms in total. The lowest BCUT2D eigenvalue weighted by Gasteiger charge is -2.11. The number of nitrogen functional groups attached to an aromatic ring is 1. The summed E-state index contributed by atoms with van der Waals surface area (Å²) in [6.45, 7) is 3.68. The largest absolute Gasteiger partial charge is 0.384 e. The van der Waals surface area contributed by atoms with Crippen LogP contribution in [0.3, 0.4) is 0 Å². The molecule has 1 aromatic carbocycles. The van der Waals surface area contributed by atoms with Gasteiger partial charge in [-0.2, -0.15) is 5.26 Å². The maximum absolute atomic E-state index is 13.3. The number of nitrogens with zero attached hydrogens (tertiary/aromatic N) is 2. The molecule has 1 heterocycles. The Morgan fingerprint density at radius 1 is 1.39 bits per heavy atom. The second-order valence-electron chi connectivity index (χ2n) is 4.01. The number of nitrogens with two attached hydrogens (primary N) is 1. The number of hydrogen-bond donors (Lipinski definition) is 1. The van der Waals surface area contributed by atoms with Crippen LogP contribution in [0.15, 0.2) is 22.7 Å². The lowest BCUT2D eigenvalue weighted by molar-refractivity contribution is 0.626. The van der Waals surface area contributed by atoms with Gasteiger partial charge in [0.15, 0.2) is 0 Å². The third-order valence-corrected chi connectivity index (χ3v) is 3.68. The maximum atomic E-state index is 13.3. The molecule has 1 aromatic heterocycles. The Labute approximate surface area is 113 Å². The van der Waals surface area contributed by atoms with E-state index in [1.165, 1.54) is 12.1 Å². The third-order valence-electron chi connectivity index (χ3n) is 3.01. The summed E-state index contributed by atoms with van der Waals surface area (Å²) in [5.41, 5.74) is 8.63. The predicted octanol–water partition coefficient (Wildman–Crippen LogP) is 3.45. The van der Waals surface area contributed by atoms with Crippen LogP contribution >= 0.6 is 15.9 Å². The third kappa shape index (κ3) is 1.79. The highest BCUT2D eigenvalue weighted by atomic mass is 79.9. The standard InChI is InChI=1S/C13H11BrFN3/c1-7-8(2)18(13(17)10(7)6-16)12-5-9(15)3-4-11(12)14/h3-5H,17H2,1-2H3. The molecular weight excluding hydrogens is 297 g/mol. The molecule has 18 heavy (non-hydrogen) atoms. The van der Waals surface area contributed by atoms with Crippen LogP contribution in [-0.2, 0) is 0 Å². The predicted molar refractivity (Wildman–Crippen MR) is 72.0 cm³/mol. The van der Waals surface area contributed by atoms with Crippen LogP contribution in [0, 0.1) is 31.0 Å². The molecule has 0 radical (unpaired) electrons. The van der Waals surface area contributed by atoms with Crippen molar-refractivity contribution in [1.82, 2.24) is 4.57 Å². The van der Waals surface area contributed by atoms with E-state index < -0.39 is 0 Å². The first kappa shape index (κ1) is 12.7. The molecule has 0 amide bonds. The van der Waals surface area contributed by atoms with Crippen molar-refractivity contribution in [3.05, 3.63) is 45.3 Å². The number of halogens is 2. The zero-order chi connectivity index (χ0) is 13.4. The summed E-state index contributed by atoms with van der Waals surface area (Å²) in [7, 11) is 0. The van der Waals surface area contributed by atoms with Crippen molar-refractivity contribution < 1.29 is 4.39 Å². The zero-order valence-corrected chi connectivity index (χ0v) is 11.5. The minimum Gasteiger partial charge on any atom is -0.384 e. The van der Waals surface area contributed by atoms with Crippen LogP contribution in [0.4, 0.5) is 10.2 Å². The van der Waals surface area contributed by atoms with Crippen LogP contribution in [0.25, 0.3) is 5.69 Å². The summed E-state index contributed by atoms with van der Waals surface area (Å²) in [5.74, 6) is -0.0179. The number of anilines is 1. The molecule has 2 N–H and O–H groups in total. The summed E-state index contributed by atoms with van der Waals surface area (Å²) in [6.07, 6.45) is 0. The molecule has 0 aliphatic heterocycles. The van der Waals surface area contributed by atoms with Gasteiger partial charge in [0.05, 0.1) is 11.3 Å². The van der Waals surface area contributed by atoms with Gasteiger partial charge in [-0.15, -0.1) is 0 Å². The topological polar surface area (TPSA) is 54.7 Å². The lowest BCUT2D eigenvalue weighted by Crippen LogP contribution is -2.03. The molecule has 2 rings (SSSR count). The maximum Gasteiger partial charge on any atom is 0.126 e. The molecule has 0 aliphatic carbocycles. The van der Waals surface area contributed by atoms with Crippen LogP contribution < -0.4 is 5.73 Å². The van der Waals surface area contributed by atoms with E-state index in [0.717, 1.165) is 15.7 Å². The number of aromatic nitrogens is 1. The molecule has 5 heteroatoms. The summed E-state index contributed by atoms with van der Waals surface area (Å²) in [5, 5.41) is 9.08. The molecule has 92 valence electrons. The number of hydrogen-bond acceptors (Lipinski definition) is 2. The van der Waals surface area contributed by atoms with Crippen LogP contribution in [0.2, 0.25) is 0 Å². The van der Waals surface area contributed by atoms with Gasteiger partial charge in [0.2, 0.25) is 0 Å². The molecule has 0 saturated carbocycles. The Morgan fingerprint density at radius 2 is 2.06 bits per heavy atom. The quantitative estimate of drug-likeness (QED) is 0.877. The van der Waals surface area contributed by atoms with Gasteiger partial charge in [-0.25, -0.2) is 4.39 Å². The monoisotopic (exact) mass is 307 g/mol. The minimum absolute atomic E-state index is 0.332. The average Bonchev–Trinajstić information content (AvgIpc) is 2.54. The molecule has 0 unspecified atom stereocenters. The van der Waals surface area contributed by atoms with Gasteiger partial charge >= 0.3 is 0 Å². The van der Waals surface area contributed by atoms with Crippen molar-refractivity contribution in [2.24, 2.45) is 0 Å². The fourth-order valence-corrected chi connectivity index (χ4v) is 2.37. The van der Waals surface area contributed by atoms with E-state index in [2.05, 4.69) is 22.0 Å². The Hall–Kier alpha value is -1.80. The molecule has 0 aliphatic rings. The van der Waals surface area contributed by atoms with Crippen molar-refractivity contribution >= 4 is 21.7 Å². The van der Waals surface area contributed by atoms with Gasteiger partial charge < -0.3 is 5.73 Å². The highest BCUT2D eigenvalue weighted by Gasteiger charge is 2.18. The van der Waals surface area contributed by atoms with Crippen LogP contribution in [0.1, 0.15) is 16.8 Å². The Bertz CT molecular complexity index is 668. The van der Waals surface area contributed by atoms with Crippen molar-refractivity contribution in [3.63, 3.8) is 0 Å². The van der Waals surface area contributed by atoms with Crippen LogP contribution in [-0.4, -0.2) is 4.57 Å². The molecule has 0 bridgehead atoms. The first-order valence-electron chi connectivity index (χ1n) is 5.30. The molecule has 0 saturated heterocycles. The molecule has 0 spiro atoms. The smallest absolute Gasteiger partial charge is 0.126 e. The first-order chi connectivity index (χ1) is 8.47. The van der Waals surface area contributed by atoms with E-state index >= 15 is 0 Å². The van der Waals surface area contributed by atoms with Gasteiger partial charge in [-0.1, -0.05) is 0 Å². The van der Waals surface area contributed by atoms with E-state index in [0.29, 0.717) is 17.1 Å². The molecule has 0 atom stereocenters. The van der Waals surface area contributed by atoms with Crippen molar-refractivity contribution in [2.45, 2.75) is 13.8 Å². The Morgan fingerprint density at radius 3 is 2.61 bits per heavy atom. The minimum atomic E-state index is -0.350. The average molecular weight is 308 g/mol. The van der Waals surface area contributed by atoms with E-state index in [1.54, 1.807) is 10.6 Å². The lowest BCUT2D eigenvalue weighted by atomic mass is 10.2. The Kier molecular flexibility index (Phi) is 3.14. The summed E-state index contributed by atoms with van der Waals surface area (Å²) >= 11 is 3.37. The van der Waals surface area contributed by atoms with E-state index in [-0.39, 0.29) is 5.82 Å². The fourth-order valence-electron chi connectivity index (χ4n) is 1.94. The van der Waals surface area contributed by atoms with Gasteiger partial charge in [-0.3, -0.25) is 4.57 Å². The normalized spacial score (nSPS) is 10.4. The zero-order valence-electron chi connectivity index (χ0n) is 9.96. The first-order valence-corrected chi connectivity index (χ1v) is 6.09. The second kappa shape index (κ2) is 4.46. The van der Waals surface area contributed by atoms with Crippen molar-refractivity contribution in [3.8, 4) is 11.8 Å². The molecule has 0 fully saturated rings. The van der Waals surface area contributed by atoms with E-state index in [1.807, 2.05) is 13.8 Å². The highest BCUT2D eigenvalue weighted by molar-refractivity contribution is 9.10. The fraction of sp³-hybridized carbons (Fsp3) is 0.154. The molecular formula is C13H11BrFN3.